The topological polar surface area (TPSA) is 51.2 Å². The van der Waals surface area contributed by atoms with Crippen molar-refractivity contribution in [3.8, 4) is 11.5 Å². The molecule has 0 amide bonds. The Kier molecular flexibility index (Phi) is 8.68. The molecule has 0 aliphatic heterocycles. The second kappa shape index (κ2) is 10.00. The van der Waals surface area contributed by atoms with Gasteiger partial charge in [0.1, 0.15) is 0 Å². The number of phenols is 1. The van der Waals surface area contributed by atoms with Crippen LogP contribution >= 0.6 is 15.9 Å². The molecule has 0 aliphatic rings. The Balaban J connectivity index is 2.81. The summed E-state index contributed by atoms with van der Waals surface area (Å²) in [5.41, 5.74) is 1.07. The summed E-state index contributed by atoms with van der Waals surface area (Å²) in [6.07, 6.45) is 0. The van der Waals surface area contributed by atoms with Crippen molar-refractivity contribution in [1.29, 1.82) is 0 Å². The van der Waals surface area contributed by atoms with Crippen molar-refractivity contribution >= 4 is 15.9 Å². The maximum Gasteiger partial charge on any atom is 0.172 e. The SMILES string of the molecule is CCOc1cc(CN(CCOC)CCOC)cc(Br)c1O. The fourth-order valence-corrected chi connectivity index (χ4v) is 2.44. The zero-order valence-electron chi connectivity index (χ0n) is 12.9. The molecule has 0 heterocycles. The largest absolute Gasteiger partial charge is 0.503 e. The Morgan fingerprint density at radius 2 is 1.76 bits per heavy atom. The van der Waals surface area contributed by atoms with Crippen LogP contribution in [0.3, 0.4) is 0 Å². The highest BCUT2D eigenvalue weighted by Crippen LogP contribution is 2.35. The van der Waals surface area contributed by atoms with E-state index in [2.05, 4.69) is 20.8 Å². The smallest absolute Gasteiger partial charge is 0.172 e. The molecule has 0 fully saturated rings. The van der Waals surface area contributed by atoms with Gasteiger partial charge in [-0.25, -0.2) is 0 Å². The molecule has 120 valence electrons. The average molecular weight is 362 g/mol. The summed E-state index contributed by atoms with van der Waals surface area (Å²) in [6, 6.07) is 3.78. The van der Waals surface area contributed by atoms with Gasteiger partial charge in [0.25, 0.3) is 0 Å². The van der Waals surface area contributed by atoms with E-state index in [0.717, 1.165) is 25.2 Å². The number of aromatic hydroxyl groups is 1. The third kappa shape index (κ3) is 6.22. The van der Waals surface area contributed by atoms with Gasteiger partial charge in [0, 0.05) is 33.9 Å². The quantitative estimate of drug-likeness (QED) is 0.694. The van der Waals surface area contributed by atoms with Crippen molar-refractivity contribution in [3.63, 3.8) is 0 Å². The highest BCUT2D eigenvalue weighted by molar-refractivity contribution is 9.10. The third-order valence-corrected chi connectivity index (χ3v) is 3.62. The first kappa shape index (κ1) is 18.2. The molecule has 6 heteroatoms. The Hall–Kier alpha value is -0.820. The minimum absolute atomic E-state index is 0.140. The number of hydrogen-bond donors (Lipinski definition) is 1. The first-order valence-corrected chi connectivity index (χ1v) is 7.76. The number of halogens is 1. The molecule has 0 unspecified atom stereocenters. The number of hydrogen-bond acceptors (Lipinski definition) is 5. The van der Waals surface area contributed by atoms with Gasteiger partial charge in [0.2, 0.25) is 0 Å². The van der Waals surface area contributed by atoms with Crippen LogP contribution in [0, 0.1) is 0 Å². The van der Waals surface area contributed by atoms with Crippen molar-refractivity contribution in [2.24, 2.45) is 0 Å². The molecule has 21 heavy (non-hydrogen) atoms. The summed E-state index contributed by atoms with van der Waals surface area (Å²) < 4.78 is 16.4. The van der Waals surface area contributed by atoms with Gasteiger partial charge >= 0.3 is 0 Å². The summed E-state index contributed by atoms with van der Waals surface area (Å²) in [6.45, 7) is 6.13. The average Bonchev–Trinajstić information content (AvgIpc) is 2.47. The Labute approximate surface area is 134 Å². The van der Waals surface area contributed by atoms with Gasteiger partial charge in [-0.05, 0) is 40.5 Å². The van der Waals surface area contributed by atoms with Crippen molar-refractivity contribution in [1.82, 2.24) is 4.90 Å². The second-order valence-corrected chi connectivity index (χ2v) is 5.47. The number of methoxy groups -OCH3 is 2. The number of benzene rings is 1. The molecule has 5 nitrogen and oxygen atoms in total. The van der Waals surface area contributed by atoms with Gasteiger partial charge in [0.15, 0.2) is 11.5 Å². The molecule has 0 saturated carbocycles. The van der Waals surface area contributed by atoms with Crippen molar-refractivity contribution in [2.75, 3.05) is 47.1 Å². The monoisotopic (exact) mass is 361 g/mol. The van der Waals surface area contributed by atoms with Crippen LogP contribution < -0.4 is 4.74 Å². The fraction of sp³-hybridized carbons (Fsp3) is 0.600. The van der Waals surface area contributed by atoms with Crippen LogP contribution in [0.15, 0.2) is 16.6 Å². The Morgan fingerprint density at radius 1 is 1.14 bits per heavy atom. The van der Waals surface area contributed by atoms with Gasteiger partial charge in [0.05, 0.1) is 24.3 Å². The predicted molar refractivity (Wildman–Crippen MR) is 86.0 cm³/mol. The summed E-state index contributed by atoms with van der Waals surface area (Å²) in [4.78, 5) is 2.24. The summed E-state index contributed by atoms with van der Waals surface area (Å²) >= 11 is 3.36. The first-order chi connectivity index (χ1) is 10.1. The number of ether oxygens (including phenoxy) is 3. The molecular weight excluding hydrogens is 338 g/mol. The van der Waals surface area contributed by atoms with E-state index in [0.29, 0.717) is 30.0 Å². The number of phenolic OH excluding ortho intramolecular Hbond substituents is 1. The van der Waals surface area contributed by atoms with E-state index in [-0.39, 0.29) is 5.75 Å². The van der Waals surface area contributed by atoms with E-state index < -0.39 is 0 Å². The molecule has 0 saturated heterocycles. The van der Waals surface area contributed by atoms with Crippen LogP contribution in [-0.4, -0.2) is 57.1 Å². The lowest BCUT2D eigenvalue weighted by Crippen LogP contribution is -2.30. The molecule has 0 spiro atoms. The summed E-state index contributed by atoms with van der Waals surface area (Å²) in [7, 11) is 3.39. The van der Waals surface area contributed by atoms with Crippen LogP contribution in [0.1, 0.15) is 12.5 Å². The summed E-state index contributed by atoms with van der Waals surface area (Å²) in [5, 5.41) is 9.94. The molecule has 1 aromatic rings. The Morgan fingerprint density at radius 3 is 2.29 bits per heavy atom. The van der Waals surface area contributed by atoms with E-state index in [9.17, 15) is 5.11 Å². The molecule has 1 aromatic carbocycles. The third-order valence-electron chi connectivity index (χ3n) is 3.02. The van der Waals surface area contributed by atoms with E-state index in [1.807, 2.05) is 19.1 Å². The molecular formula is C15H24BrNO4. The normalized spacial score (nSPS) is 11.1. The fourth-order valence-electron chi connectivity index (χ4n) is 1.95. The lowest BCUT2D eigenvalue weighted by atomic mass is 10.2. The van der Waals surface area contributed by atoms with Gasteiger partial charge < -0.3 is 19.3 Å². The van der Waals surface area contributed by atoms with Gasteiger partial charge in [-0.15, -0.1) is 0 Å². The molecule has 0 aromatic heterocycles. The maximum absolute atomic E-state index is 9.94. The minimum atomic E-state index is 0.140. The standard InChI is InChI=1S/C15H24BrNO4/c1-4-21-14-10-12(9-13(16)15(14)18)11-17(5-7-19-2)6-8-20-3/h9-10,18H,4-8,11H2,1-3H3. The minimum Gasteiger partial charge on any atom is -0.503 e. The van der Waals surface area contributed by atoms with Crippen LogP contribution in [0.2, 0.25) is 0 Å². The van der Waals surface area contributed by atoms with E-state index in [1.54, 1.807) is 14.2 Å². The van der Waals surface area contributed by atoms with Crippen LogP contribution in [0.25, 0.3) is 0 Å². The zero-order chi connectivity index (χ0) is 15.7. The highest BCUT2D eigenvalue weighted by atomic mass is 79.9. The second-order valence-electron chi connectivity index (χ2n) is 4.62. The van der Waals surface area contributed by atoms with Crippen LogP contribution in [-0.2, 0) is 16.0 Å². The number of rotatable bonds is 10. The zero-order valence-corrected chi connectivity index (χ0v) is 14.5. The highest BCUT2D eigenvalue weighted by Gasteiger charge is 2.12. The maximum atomic E-state index is 9.94. The lowest BCUT2D eigenvalue weighted by molar-refractivity contribution is 0.110. The Bertz CT molecular complexity index is 420. The van der Waals surface area contributed by atoms with Crippen molar-refractivity contribution in [3.05, 3.63) is 22.2 Å². The van der Waals surface area contributed by atoms with Gasteiger partial charge in [-0.1, -0.05) is 0 Å². The van der Waals surface area contributed by atoms with E-state index in [4.69, 9.17) is 14.2 Å². The van der Waals surface area contributed by atoms with E-state index >= 15 is 0 Å². The molecule has 0 radical (unpaired) electrons. The predicted octanol–water partition coefficient (Wildman–Crippen LogP) is 2.65. The molecule has 1 rings (SSSR count). The van der Waals surface area contributed by atoms with Crippen molar-refractivity contribution in [2.45, 2.75) is 13.5 Å². The molecule has 0 aliphatic carbocycles. The van der Waals surface area contributed by atoms with Crippen LogP contribution in [0.4, 0.5) is 0 Å². The van der Waals surface area contributed by atoms with Gasteiger partial charge in [-0.2, -0.15) is 0 Å². The molecule has 0 atom stereocenters. The molecule has 1 N–H and O–H groups in total. The van der Waals surface area contributed by atoms with Gasteiger partial charge in [-0.3, -0.25) is 4.90 Å². The number of nitrogens with zero attached hydrogens (tertiary/aromatic N) is 1. The summed E-state index contributed by atoms with van der Waals surface area (Å²) in [5.74, 6) is 0.640. The lowest BCUT2D eigenvalue weighted by Gasteiger charge is -2.22. The van der Waals surface area contributed by atoms with Crippen LogP contribution in [0.5, 0.6) is 11.5 Å². The first-order valence-electron chi connectivity index (χ1n) is 6.96. The van der Waals surface area contributed by atoms with Crippen molar-refractivity contribution < 1.29 is 19.3 Å². The molecule has 0 bridgehead atoms. The van der Waals surface area contributed by atoms with E-state index in [1.165, 1.54) is 0 Å².